The molecule has 1 fully saturated rings. The summed E-state index contributed by atoms with van der Waals surface area (Å²) in [4.78, 5) is 15.4. The van der Waals surface area contributed by atoms with Gasteiger partial charge < -0.3 is 4.74 Å². The van der Waals surface area contributed by atoms with Crippen LogP contribution >= 0.6 is 39.1 Å². The van der Waals surface area contributed by atoms with E-state index in [9.17, 15) is 4.79 Å². The molecule has 0 aliphatic carbocycles. The number of aromatic nitrogens is 2. The van der Waals surface area contributed by atoms with Crippen molar-refractivity contribution in [1.82, 2.24) is 14.3 Å². The van der Waals surface area contributed by atoms with Crippen molar-refractivity contribution in [2.45, 2.75) is 39.3 Å². The maximum atomic E-state index is 13.0. The number of piperidine rings is 1. The Morgan fingerprint density at radius 2 is 1.79 bits per heavy atom. The van der Waals surface area contributed by atoms with E-state index in [1.165, 1.54) is 0 Å². The maximum Gasteiger partial charge on any atom is 0.286 e. The molecule has 3 aromatic rings. The number of likely N-dealkylation sites (tertiary alicyclic amines) is 1. The van der Waals surface area contributed by atoms with Crippen LogP contribution < -0.4 is 10.3 Å². The zero-order chi connectivity index (χ0) is 23.4. The first kappa shape index (κ1) is 24.4. The normalized spacial score (nSPS) is 15.2. The third kappa shape index (κ3) is 5.68. The van der Waals surface area contributed by atoms with E-state index in [1.54, 1.807) is 16.8 Å². The molecule has 0 spiro atoms. The second-order valence-corrected chi connectivity index (χ2v) is 9.97. The van der Waals surface area contributed by atoms with Crippen LogP contribution in [-0.2, 0) is 13.1 Å². The summed E-state index contributed by atoms with van der Waals surface area (Å²) in [6, 6.07) is 15.2. The minimum Gasteiger partial charge on any atom is -0.494 e. The summed E-state index contributed by atoms with van der Waals surface area (Å²) in [6.45, 7) is 6.26. The maximum absolute atomic E-state index is 13.0. The van der Waals surface area contributed by atoms with Gasteiger partial charge >= 0.3 is 0 Å². The molecule has 0 unspecified atom stereocenters. The summed E-state index contributed by atoms with van der Waals surface area (Å²) >= 11 is 15.6. The van der Waals surface area contributed by atoms with E-state index in [1.807, 2.05) is 36.4 Å². The topological polar surface area (TPSA) is 39.4 Å². The van der Waals surface area contributed by atoms with E-state index in [4.69, 9.17) is 27.9 Å². The first-order valence-electron chi connectivity index (χ1n) is 11.3. The molecule has 2 heterocycles. The summed E-state index contributed by atoms with van der Waals surface area (Å²) in [5, 5.41) is 1.05. The Bertz CT molecular complexity index is 1140. The van der Waals surface area contributed by atoms with Gasteiger partial charge in [0.25, 0.3) is 5.56 Å². The molecule has 1 aliphatic heterocycles. The lowest BCUT2D eigenvalue weighted by Crippen LogP contribution is -2.34. The number of hydrogen-bond acceptors (Lipinski definition) is 3. The van der Waals surface area contributed by atoms with E-state index >= 15 is 0 Å². The van der Waals surface area contributed by atoms with Crippen LogP contribution in [0.1, 0.15) is 31.9 Å². The van der Waals surface area contributed by atoms with Gasteiger partial charge in [0, 0.05) is 19.2 Å². The van der Waals surface area contributed by atoms with E-state index in [0.717, 1.165) is 62.6 Å². The largest absolute Gasteiger partial charge is 0.494 e. The molecular weight excluding hydrogens is 525 g/mol. The molecule has 0 N–H and O–H groups in total. The fraction of sp³-hybridized carbons (Fsp3) is 0.400. The Balaban J connectivity index is 1.33. The van der Waals surface area contributed by atoms with Crippen LogP contribution in [0, 0.1) is 5.92 Å². The van der Waals surface area contributed by atoms with Crippen molar-refractivity contribution >= 4 is 39.1 Å². The van der Waals surface area contributed by atoms with Crippen LogP contribution in [-0.4, -0.2) is 34.0 Å². The van der Waals surface area contributed by atoms with E-state index in [0.29, 0.717) is 27.0 Å². The number of para-hydroxylation sites is 1. The van der Waals surface area contributed by atoms with Crippen molar-refractivity contribution in [3.8, 4) is 11.4 Å². The molecule has 1 aliphatic rings. The van der Waals surface area contributed by atoms with E-state index < -0.39 is 0 Å². The van der Waals surface area contributed by atoms with E-state index in [-0.39, 0.29) is 5.56 Å². The summed E-state index contributed by atoms with van der Waals surface area (Å²) in [5.74, 6) is 1.39. The first-order valence-corrected chi connectivity index (χ1v) is 12.9. The summed E-state index contributed by atoms with van der Waals surface area (Å²) in [6.07, 6.45) is 3.26. The Labute approximate surface area is 213 Å². The Morgan fingerprint density at radius 3 is 2.45 bits per heavy atom. The zero-order valence-corrected chi connectivity index (χ0v) is 21.7. The third-order valence-corrected chi connectivity index (χ3v) is 7.79. The van der Waals surface area contributed by atoms with Crippen molar-refractivity contribution in [3.05, 3.63) is 79.1 Å². The third-order valence-electron chi connectivity index (χ3n) is 6.25. The van der Waals surface area contributed by atoms with Crippen molar-refractivity contribution < 1.29 is 4.74 Å². The van der Waals surface area contributed by atoms with Crippen molar-refractivity contribution in [2.75, 3.05) is 19.7 Å². The van der Waals surface area contributed by atoms with Crippen LogP contribution in [0.4, 0.5) is 0 Å². The molecule has 4 rings (SSSR count). The van der Waals surface area contributed by atoms with Gasteiger partial charge in [-0.3, -0.25) is 14.4 Å². The monoisotopic (exact) mass is 551 g/mol. The van der Waals surface area contributed by atoms with E-state index in [2.05, 4.69) is 32.4 Å². The van der Waals surface area contributed by atoms with Crippen LogP contribution in [0.2, 0.25) is 10.0 Å². The smallest absolute Gasteiger partial charge is 0.286 e. The fourth-order valence-electron chi connectivity index (χ4n) is 4.42. The number of halogens is 3. The van der Waals surface area contributed by atoms with Gasteiger partial charge in [-0.2, -0.15) is 0 Å². The summed E-state index contributed by atoms with van der Waals surface area (Å²) < 4.78 is 10.4. The fourth-order valence-corrected chi connectivity index (χ4v) is 5.21. The second kappa shape index (κ2) is 11.1. The van der Waals surface area contributed by atoms with Crippen LogP contribution in [0.3, 0.4) is 0 Å². The minimum absolute atomic E-state index is 0.00705. The molecule has 1 aromatic heterocycles. The highest BCUT2D eigenvalue weighted by molar-refractivity contribution is 9.10. The molecule has 0 radical (unpaired) electrons. The first-order chi connectivity index (χ1) is 16.0. The highest BCUT2D eigenvalue weighted by atomic mass is 79.9. The Morgan fingerprint density at radius 1 is 1.06 bits per heavy atom. The predicted octanol–water partition coefficient (Wildman–Crippen LogP) is 6.41. The van der Waals surface area contributed by atoms with Gasteiger partial charge in [0.15, 0.2) is 0 Å². The molecule has 5 nitrogen and oxygen atoms in total. The molecule has 0 bridgehead atoms. The molecule has 0 atom stereocenters. The predicted molar refractivity (Wildman–Crippen MR) is 138 cm³/mol. The Kier molecular flexibility index (Phi) is 8.23. The lowest BCUT2D eigenvalue weighted by atomic mass is 9.94. The van der Waals surface area contributed by atoms with Crippen LogP contribution in [0.5, 0.6) is 5.75 Å². The van der Waals surface area contributed by atoms with Crippen molar-refractivity contribution in [2.24, 2.45) is 5.92 Å². The highest BCUT2D eigenvalue weighted by Crippen LogP contribution is 2.28. The average molecular weight is 553 g/mol. The minimum atomic E-state index is -0.00705. The van der Waals surface area contributed by atoms with Crippen molar-refractivity contribution in [1.29, 1.82) is 0 Å². The second-order valence-electron chi connectivity index (χ2n) is 8.36. The molecule has 2 aromatic carbocycles. The van der Waals surface area contributed by atoms with Gasteiger partial charge in [0.1, 0.15) is 10.2 Å². The van der Waals surface area contributed by atoms with Gasteiger partial charge in [-0.25, -0.2) is 4.68 Å². The molecule has 176 valence electrons. The van der Waals surface area contributed by atoms with Gasteiger partial charge in [-0.05, 0) is 85.4 Å². The average Bonchev–Trinajstić information content (AvgIpc) is 3.07. The number of benzene rings is 2. The standard InChI is InChI=1S/C25H28BrCl2N3O2/c1-2-30-23(24(26)25(32)31(30)19-6-4-3-5-7-19)17-29-13-10-18(11-14-29)12-15-33-20-8-9-21(27)22(28)16-20/h3-9,16,18H,2,10-15,17H2,1H3. The molecule has 0 saturated carbocycles. The van der Waals surface area contributed by atoms with Gasteiger partial charge in [-0.1, -0.05) is 41.4 Å². The number of ether oxygens (including phenoxy) is 1. The summed E-state index contributed by atoms with van der Waals surface area (Å²) in [5.41, 5.74) is 1.91. The van der Waals surface area contributed by atoms with Gasteiger partial charge in [0.05, 0.1) is 28.0 Å². The molecule has 33 heavy (non-hydrogen) atoms. The summed E-state index contributed by atoms with van der Waals surface area (Å²) in [7, 11) is 0. The van der Waals surface area contributed by atoms with Crippen LogP contribution in [0.25, 0.3) is 5.69 Å². The number of hydrogen-bond donors (Lipinski definition) is 0. The molecule has 0 amide bonds. The molecular formula is C25H28BrCl2N3O2. The molecule has 1 saturated heterocycles. The SMILES string of the molecule is CCn1c(CN2CCC(CCOc3ccc(Cl)c(Cl)c3)CC2)c(Br)c(=O)n1-c1ccccc1. The number of nitrogens with zero attached hydrogens (tertiary/aromatic N) is 3. The lowest BCUT2D eigenvalue weighted by Gasteiger charge is -2.32. The van der Waals surface area contributed by atoms with Gasteiger partial charge in [-0.15, -0.1) is 0 Å². The Hall–Kier alpha value is -1.73. The lowest BCUT2D eigenvalue weighted by molar-refractivity contribution is 0.154. The van der Waals surface area contributed by atoms with Crippen LogP contribution in [0.15, 0.2) is 57.8 Å². The van der Waals surface area contributed by atoms with Crippen molar-refractivity contribution in [3.63, 3.8) is 0 Å². The highest BCUT2D eigenvalue weighted by Gasteiger charge is 2.24. The zero-order valence-electron chi connectivity index (χ0n) is 18.6. The quantitative estimate of drug-likeness (QED) is 0.324. The molecule has 8 heteroatoms. The van der Waals surface area contributed by atoms with Gasteiger partial charge in [0.2, 0.25) is 0 Å². The number of rotatable bonds is 8.